The molecular weight excluding hydrogens is 182 g/mol. The molecule has 0 aliphatic heterocycles. The Kier molecular flexibility index (Phi) is 3.53. The summed E-state index contributed by atoms with van der Waals surface area (Å²) in [5.74, 6) is 0.0989. The predicted octanol–water partition coefficient (Wildman–Crippen LogP) is 0.673. The summed E-state index contributed by atoms with van der Waals surface area (Å²) >= 11 is 0. The molecule has 0 bridgehead atoms. The molecule has 5 nitrogen and oxygen atoms in total. The van der Waals surface area contributed by atoms with Crippen molar-refractivity contribution in [3.05, 3.63) is 23.8 Å². The first-order valence-corrected chi connectivity index (χ1v) is 4.39. The van der Waals surface area contributed by atoms with Gasteiger partial charge in [-0.1, -0.05) is 0 Å². The van der Waals surface area contributed by atoms with E-state index < -0.39 is 5.97 Å². The van der Waals surface area contributed by atoms with Gasteiger partial charge in [-0.3, -0.25) is 0 Å². The van der Waals surface area contributed by atoms with E-state index in [1.165, 1.54) is 12.4 Å². The predicted molar refractivity (Wildman–Crippen MR) is 50.6 cm³/mol. The average molecular weight is 195 g/mol. The van der Waals surface area contributed by atoms with Crippen molar-refractivity contribution in [2.45, 2.75) is 19.9 Å². The zero-order valence-electron chi connectivity index (χ0n) is 8.23. The summed E-state index contributed by atoms with van der Waals surface area (Å²) in [5, 5.41) is 0. The van der Waals surface area contributed by atoms with E-state index in [0.29, 0.717) is 18.0 Å². The molecule has 0 spiro atoms. The molecule has 1 atom stereocenters. The number of hydrogen-bond acceptors (Lipinski definition) is 5. The van der Waals surface area contributed by atoms with Crippen molar-refractivity contribution < 1.29 is 9.53 Å². The van der Waals surface area contributed by atoms with Gasteiger partial charge < -0.3 is 10.5 Å². The van der Waals surface area contributed by atoms with Gasteiger partial charge in [-0.15, -0.1) is 0 Å². The van der Waals surface area contributed by atoms with Crippen LogP contribution in [0.4, 0.5) is 0 Å². The van der Waals surface area contributed by atoms with E-state index >= 15 is 0 Å². The number of nitrogens with zero attached hydrogens (tertiary/aromatic N) is 2. The van der Waals surface area contributed by atoms with Crippen LogP contribution in [0.1, 0.15) is 36.1 Å². The maximum absolute atomic E-state index is 11.2. The Labute approximate surface area is 82.3 Å². The molecule has 0 aliphatic rings. The van der Waals surface area contributed by atoms with E-state index in [2.05, 4.69) is 9.97 Å². The maximum atomic E-state index is 11.2. The second-order valence-electron chi connectivity index (χ2n) is 2.84. The highest BCUT2D eigenvalue weighted by atomic mass is 16.5. The van der Waals surface area contributed by atoms with Crippen molar-refractivity contribution in [1.82, 2.24) is 9.97 Å². The molecular formula is C9H13N3O2. The number of nitrogens with two attached hydrogens (primary N) is 1. The summed E-state index contributed by atoms with van der Waals surface area (Å²) in [5.41, 5.74) is 5.90. The quantitative estimate of drug-likeness (QED) is 0.717. The van der Waals surface area contributed by atoms with E-state index in [-0.39, 0.29) is 6.04 Å². The van der Waals surface area contributed by atoms with E-state index in [1.54, 1.807) is 13.8 Å². The molecule has 0 amide bonds. The second-order valence-corrected chi connectivity index (χ2v) is 2.84. The van der Waals surface area contributed by atoms with Crippen LogP contribution in [0.2, 0.25) is 0 Å². The van der Waals surface area contributed by atoms with Crippen LogP contribution in [0.15, 0.2) is 12.4 Å². The Bertz CT molecular complexity index is 308. The average Bonchev–Trinajstić information content (AvgIpc) is 2.18. The molecule has 2 N–H and O–H groups in total. The topological polar surface area (TPSA) is 78.1 Å². The highest BCUT2D eigenvalue weighted by Crippen LogP contribution is 2.03. The molecule has 5 heteroatoms. The van der Waals surface area contributed by atoms with Gasteiger partial charge in [-0.05, 0) is 13.8 Å². The molecule has 1 heterocycles. The van der Waals surface area contributed by atoms with Gasteiger partial charge in [0.15, 0.2) is 0 Å². The molecule has 0 aromatic carbocycles. The van der Waals surface area contributed by atoms with Crippen molar-refractivity contribution in [3.63, 3.8) is 0 Å². The summed E-state index contributed by atoms with van der Waals surface area (Å²) < 4.78 is 4.78. The summed E-state index contributed by atoms with van der Waals surface area (Å²) in [7, 11) is 0. The summed E-state index contributed by atoms with van der Waals surface area (Å²) in [6.07, 6.45) is 2.84. The minimum atomic E-state index is -0.413. The van der Waals surface area contributed by atoms with Crippen LogP contribution in [-0.2, 0) is 4.74 Å². The Morgan fingerprint density at radius 2 is 2.14 bits per heavy atom. The summed E-state index contributed by atoms with van der Waals surface area (Å²) in [6, 6.07) is -0.230. The Hall–Kier alpha value is -1.49. The van der Waals surface area contributed by atoms with Crippen LogP contribution in [-0.4, -0.2) is 22.5 Å². The van der Waals surface area contributed by atoms with Crippen molar-refractivity contribution in [1.29, 1.82) is 0 Å². The van der Waals surface area contributed by atoms with Gasteiger partial charge in [-0.2, -0.15) is 0 Å². The zero-order valence-corrected chi connectivity index (χ0v) is 8.23. The lowest BCUT2D eigenvalue weighted by Crippen LogP contribution is -2.12. The minimum absolute atomic E-state index is 0.230. The highest BCUT2D eigenvalue weighted by molar-refractivity contribution is 5.88. The van der Waals surface area contributed by atoms with Crippen molar-refractivity contribution in [3.8, 4) is 0 Å². The van der Waals surface area contributed by atoms with Crippen LogP contribution < -0.4 is 5.73 Å². The van der Waals surface area contributed by atoms with Crippen LogP contribution in [0, 0.1) is 0 Å². The monoisotopic (exact) mass is 195 g/mol. The minimum Gasteiger partial charge on any atom is -0.462 e. The molecule has 1 rings (SSSR count). The third-order valence-corrected chi connectivity index (χ3v) is 1.59. The van der Waals surface area contributed by atoms with Crippen LogP contribution in [0.5, 0.6) is 0 Å². The van der Waals surface area contributed by atoms with Gasteiger partial charge in [-0.25, -0.2) is 14.8 Å². The normalized spacial score (nSPS) is 12.2. The smallest absolute Gasteiger partial charge is 0.341 e. The second kappa shape index (κ2) is 4.66. The summed E-state index contributed by atoms with van der Waals surface area (Å²) in [6.45, 7) is 3.86. The number of carbonyl (C=O) groups excluding carboxylic acids is 1. The Balaban J connectivity index is 2.78. The zero-order chi connectivity index (χ0) is 10.6. The first-order chi connectivity index (χ1) is 6.65. The third kappa shape index (κ3) is 2.50. The number of esters is 1. The van der Waals surface area contributed by atoms with Crippen molar-refractivity contribution in [2.75, 3.05) is 6.61 Å². The van der Waals surface area contributed by atoms with Gasteiger partial charge in [0.1, 0.15) is 5.82 Å². The molecule has 0 saturated heterocycles. The van der Waals surface area contributed by atoms with Gasteiger partial charge in [0.25, 0.3) is 0 Å². The molecule has 1 aromatic rings. The number of rotatable bonds is 3. The lowest BCUT2D eigenvalue weighted by molar-refractivity contribution is 0.0525. The lowest BCUT2D eigenvalue weighted by Gasteiger charge is -2.04. The lowest BCUT2D eigenvalue weighted by atomic mass is 10.3. The van der Waals surface area contributed by atoms with Crippen LogP contribution >= 0.6 is 0 Å². The fourth-order valence-corrected chi connectivity index (χ4v) is 0.893. The largest absolute Gasteiger partial charge is 0.462 e. The van der Waals surface area contributed by atoms with E-state index in [9.17, 15) is 4.79 Å². The van der Waals surface area contributed by atoms with Gasteiger partial charge in [0, 0.05) is 12.4 Å². The molecule has 76 valence electrons. The van der Waals surface area contributed by atoms with E-state index in [4.69, 9.17) is 10.5 Å². The molecule has 0 radical (unpaired) electrons. The molecule has 0 fully saturated rings. The Morgan fingerprint density at radius 3 is 2.57 bits per heavy atom. The van der Waals surface area contributed by atoms with Gasteiger partial charge in [0.05, 0.1) is 18.2 Å². The SMILES string of the molecule is CCOC(=O)c1cnc(C(C)N)nc1. The molecule has 14 heavy (non-hydrogen) atoms. The third-order valence-electron chi connectivity index (χ3n) is 1.59. The van der Waals surface area contributed by atoms with Crippen LogP contribution in [0.3, 0.4) is 0 Å². The molecule has 1 aromatic heterocycles. The number of carbonyl (C=O) groups is 1. The fraction of sp³-hybridized carbons (Fsp3) is 0.444. The first-order valence-electron chi connectivity index (χ1n) is 4.39. The molecule has 0 aliphatic carbocycles. The fourth-order valence-electron chi connectivity index (χ4n) is 0.893. The molecule has 1 unspecified atom stereocenters. The highest BCUT2D eigenvalue weighted by Gasteiger charge is 2.08. The maximum Gasteiger partial charge on any atom is 0.341 e. The van der Waals surface area contributed by atoms with E-state index in [1.807, 2.05) is 0 Å². The van der Waals surface area contributed by atoms with Crippen LogP contribution in [0.25, 0.3) is 0 Å². The van der Waals surface area contributed by atoms with Gasteiger partial charge in [0.2, 0.25) is 0 Å². The van der Waals surface area contributed by atoms with E-state index in [0.717, 1.165) is 0 Å². The summed E-state index contributed by atoms with van der Waals surface area (Å²) in [4.78, 5) is 19.1. The first kappa shape index (κ1) is 10.6. The Morgan fingerprint density at radius 1 is 1.57 bits per heavy atom. The number of ether oxygens (including phenoxy) is 1. The van der Waals surface area contributed by atoms with Crippen molar-refractivity contribution >= 4 is 5.97 Å². The molecule has 0 saturated carbocycles. The van der Waals surface area contributed by atoms with Crippen molar-refractivity contribution in [2.24, 2.45) is 5.73 Å². The number of hydrogen-bond donors (Lipinski definition) is 1. The number of aromatic nitrogens is 2. The standard InChI is InChI=1S/C9H13N3O2/c1-3-14-9(13)7-4-11-8(6(2)10)12-5-7/h4-6H,3,10H2,1-2H3. The van der Waals surface area contributed by atoms with Gasteiger partial charge >= 0.3 is 5.97 Å².